The maximum Gasteiger partial charge on any atom is 0.180 e. The number of hydrogen-bond acceptors (Lipinski definition) is 4. The first kappa shape index (κ1) is 11.8. The highest BCUT2D eigenvalue weighted by Gasteiger charge is 2.07. The number of aliphatic hydroxyl groups excluding tert-OH is 1. The minimum absolute atomic E-state index is 0.0590. The number of nitrogens with two attached hydrogens (primary N) is 1. The van der Waals surface area contributed by atoms with Crippen LogP contribution in [0.5, 0.6) is 0 Å². The molecule has 4 heteroatoms. The Morgan fingerprint density at radius 1 is 1.35 bits per heavy atom. The van der Waals surface area contributed by atoms with Gasteiger partial charge in [-0.3, -0.25) is 0 Å². The summed E-state index contributed by atoms with van der Waals surface area (Å²) in [6.45, 7) is 2.08. The minimum Gasteiger partial charge on any atom is -0.392 e. The van der Waals surface area contributed by atoms with Crippen LogP contribution >= 0.6 is 11.3 Å². The van der Waals surface area contributed by atoms with Crippen molar-refractivity contribution < 1.29 is 5.11 Å². The normalized spacial score (nSPS) is 11.2. The zero-order valence-corrected chi connectivity index (χ0v) is 10.4. The van der Waals surface area contributed by atoms with Crippen LogP contribution < -0.4 is 5.73 Å². The molecule has 1 aromatic heterocycles. The first-order valence-corrected chi connectivity index (χ1v) is 6.13. The number of nitrogen functional groups attached to an aromatic ring is 1. The second-order valence-electron chi connectivity index (χ2n) is 3.66. The molecule has 2 rings (SSSR count). The maximum absolute atomic E-state index is 8.69. The van der Waals surface area contributed by atoms with Crippen LogP contribution in [0.15, 0.2) is 30.3 Å². The SMILES string of the molecule is Cc1sc(N)nc1-c1ccc(C=CCO)cc1. The Morgan fingerprint density at radius 2 is 2.06 bits per heavy atom. The summed E-state index contributed by atoms with van der Waals surface area (Å²) in [5.41, 5.74) is 8.76. The molecular formula is C13H14N2OS. The van der Waals surface area contributed by atoms with E-state index in [1.54, 1.807) is 6.08 Å². The Labute approximate surface area is 104 Å². The van der Waals surface area contributed by atoms with Crippen LogP contribution in [0.3, 0.4) is 0 Å². The summed E-state index contributed by atoms with van der Waals surface area (Å²) in [6, 6.07) is 8.02. The summed E-state index contributed by atoms with van der Waals surface area (Å²) in [6.07, 6.45) is 3.59. The van der Waals surface area contributed by atoms with Gasteiger partial charge in [-0.15, -0.1) is 11.3 Å². The van der Waals surface area contributed by atoms with Crippen molar-refractivity contribution in [3.05, 3.63) is 40.8 Å². The van der Waals surface area contributed by atoms with Gasteiger partial charge in [-0.05, 0) is 12.5 Å². The quantitative estimate of drug-likeness (QED) is 0.875. The Morgan fingerprint density at radius 3 is 2.59 bits per heavy atom. The molecule has 0 bridgehead atoms. The van der Waals surface area contributed by atoms with Crippen molar-refractivity contribution >= 4 is 22.5 Å². The standard InChI is InChI=1S/C13H14N2OS/c1-9-12(15-13(14)17-9)11-6-4-10(5-7-11)3-2-8-16/h2-7,16H,8H2,1H3,(H2,14,15). The van der Waals surface area contributed by atoms with Gasteiger partial charge >= 0.3 is 0 Å². The Kier molecular flexibility index (Phi) is 3.56. The van der Waals surface area contributed by atoms with E-state index in [2.05, 4.69) is 4.98 Å². The molecule has 0 saturated heterocycles. The number of anilines is 1. The fourth-order valence-electron chi connectivity index (χ4n) is 1.63. The van der Waals surface area contributed by atoms with Crippen LogP contribution in [0, 0.1) is 6.92 Å². The van der Waals surface area contributed by atoms with E-state index in [9.17, 15) is 0 Å². The number of aliphatic hydroxyl groups is 1. The van der Waals surface area contributed by atoms with Crippen LogP contribution in [0.2, 0.25) is 0 Å². The van der Waals surface area contributed by atoms with E-state index < -0.39 is 0 Å². The lowest BCUT2D eigenvalue weighted by atomic mass is 10.1. The zero-order chi connectivity index (χ0) is 12.3. The third-order valence-electron chi connectivity index (χ3n) is 2.41. The predicted molar refractivity (Wildman–Crippen MR) is 72.8 cm³/mol. The third-order valence-corrected chi connectivity index (χ3v) is 3.21. The maximum atomic E-state index is 8.69. The summed E-state index contributed by atoms with van der Waals surface area (Å²) >= 11 is 1.50. The molecular weight excluding hydrogens is 232 g/mol. The van der Waals surface area contributed by atoms with E-state index in [1.165, 1.54) is 11.3 Å². The molecule has 1 heterocycles. The second-order valence-corrected chi connectivity index (χ2v) is 4.90. The molecule has 88 valence electrons. The summed E-state index contributed by atoms with van der Waals surface area (Å²) in [4.78, 5) is 5.44. The number of benzene rings is 1. The van der Waals surface area contributed by atoms with Crippen molar-refractivity contribution in [3.63, 3.8) is 0 Å². The third kappa shape index (κ3) is 2.72. The Hall–Kier alpha value is -1.65. The molecule has 0 aliphatic heterocycles. The van der Waals surface area contributed by atoms with E-state index in [1.807, 2.05) is 37.3 Å². The van der Waals surface area contributed by atoms with Crippen LogP contribution in [-0.4, -0.2) is 16.7 Å². The molecule has 2 aromatic rings. The molecule has 0 amide bonds. The molecule has 17 heavy (non-hydrogen) atoms. The first-order valence-electron chi connectivity index (χ1n) is 5.31. The molecule has 0 radical (unpaired) electrons. The van der Waals surface area contributed by atoms with Crippen LogP contribution in [-0.2, 0) is 0 Å². The fourth-order valence-corrected chi connectivity index (χ4v) is 2.34. The largest absolute Gasteiger partial charge is 0.392 e. The lowest BCUT2D eigenvalue weighted by Gasteiger charge is -1.99. The molecule has 3 nitrogen and oxygen atoms in total. The summed E-state index contributed by atoms with van der Waals surface area (Å²) in [5, 5.41) is 9.29. The van der Waals surface area contributed by atoms with E-state index in [0.717, 1.165) is 21.7 Å². The van der Waals surface area contributed by atoms with Gasteiger partial charge < -0.3 is 10.8 Å². The summed E-state index contributed by atoms with van der Waals surface area (Å²) in [7, 11) is 0. The Balaban J connectivity index is 2.29. The second kappa shape index (κ2) is 5.12. The number of nitrogens with zero attached hydrogens (tertiary/aromatic N) is 1. The van der Waals surface area contributed by atoms with E-state index in [4.69, 9.17) is 10.8 Å². The first-order chi connectivity index (χ1) is 8.20. The lowest BCUT2D eigenvalue weighted by Crippen LogP contribution is -1.84. The van der Waals surface area contributed by atoms with E-state index >= 15 is 0 Å². The minimum atomic E-state index is 0.0590. The van der Waals surface area contributed by atoms with Crippen molar-refractivity contribution in [1.82, 2.24) is 4.98 Å². The van der Waals surface area contributed by atoms with Gasteiger partial charge in [0.05, 0.1) is 12.3 Å². The van der Waals surface area contributed by atoms with Crippen LogP contribution in [0.25, 0.3) is 17.3 Å². The number of thiazole rings is 1. The van der Waals surface area contributed by atoms with Crippen molar-refractivity contribution in [2.24, 2.45) is 0 Å². The smallest absolute Gasteiger partial charge is 0.180 e. The van der Waals surface area contributed by atoms with Gasteiger partial charge in [0.15, 0.2) is 5.13 Å². The highest BCUT2D eigenvalue weighted by Crippen LogP contribution is 2.28. The van der Waals surface area contributed by atoms with E-state index in [0.29, 0.717) is 5.13 Å². The molecule has 0 atom stereocenters. The van der Waals surface area contributed by atoms with Crippen molar-refractivity contribution in [3.8, 4) is 11.3 Å². The van der Waals surface area contributed by atoms with E-state index in [-0.39, 0.29) is 6.61 Å². The molecule has 0 saturated carbocycles. The topological polar surface area (TPSA) is 59.1 Å². The number of rotatable bonds is 3. The number of aromatic nitrogens is 1. The molecule has 0 aliphatic carbocycles. The highest BCUT2D eigenvalue weighted by atomic mass is 32.1. The van der Waals surface area contributed by atoms with Crippen molar-refractivity contribution in [1.29, 1.82) is 0 Å². The Bertz CT molecular complexity index is 529. The fraction of sp³-hybridized carbons (Fsp3) is 0.154. The van der Waals surface area contributed by atoms with Crippen molar-refractivity contribution in [2.75, 3.05) is 12.3 Å². The monoisotopic (exact) mass is 246 g/mol. The van der Waals surface area contributed by atoms with Gasteiger partial charge in [0, 0.05) is 10.4 Å². The average molecular weight is 246 g/mol. The summed E-state index contributed by atoms with van der Waals surface area (Å²) < 4.78 is 0. The van der Waals surface area contributed by atoms with Crippen LogP contribution in [0.4, 0.5) is 5.13 Å². The molecule has 3 N–H and O–H groups in total. The molecule has 0 aliphatic rings. The zero-order valence-electron chi connectivity index (χ0n) is 9.55. The number of aryl methyl sites for hydroxylation is 1. The molecule has 0 fully saturated rings. The van der Waals surface area contributed by atoms with Gasteiger partial charge in [0.2, 0.25) is 0 Å². The van der Waals surface area contributed by atoms with Crippen molar-refractivity contribution in [2.45, 2.75) is 6.92 Å². The molecule has 1 aromatic carbocycles. The number of hydrogen-bond donors (Lipinski definition) is 2. The average Bonchev–Trinajstić information content (AvgIpc) is 2.66. The van der Waals surface area contributed by atoms with Gasteiger partial charge in [0.25, 0.3) is 0 Å². The highest BCUT2D eigenvalue weighted by molar-refractivity contribution is 7.15. The van der Waals surface area contributed by atoms with Gasteiger partial charge in [0.1, 0.15) is 0 Å². The lowest BCUT2D eigenvalue weighted by molar-refractivity contribution is 0.343. The van der Waals surface area contributed by atoms with Gasteiger partial charge in [-0.25, -0.2) is 4.98 Å². The van der Waals surface area contributed by atoms with Crippen LogP contribution in [0.1, 0.15) is 10.4 Å². The van der Waals surface area contributed by atoms with Gasteiger partial charge in [-0.1, -0.05) is 36.4 Å². The molecule has 0 spiro atoms. The van der Waals surface area contributed by atoms with Gasteiger partial charge in [-0.2, -0.15) is 0 Å². The summed E-state index contributed by atoms with van der Waals surface area (Å²) in [5.74, 6) is 0. The molecule has 0 unspecified atom stereocenters. The predicted octanol–water partition coefficient (Wildman–Crippen LogP) is 2.71.